The molecule has 0 saturated carbocycles. The first-order valence-electron chi connectivity index (χ1n) is 7.33. The molecule has 1 aromatic heterocycles. The highest BCUT2D eigenvalue weighted by Crippen LogP contribution is 2.28. The van der Waals surface area contributed by atoms with Crippen molar-refractivity contribution in [2.45, 2.75) is 44.7 Å². The lowest BCUT2D eigenvalue weighted by Crippen LogP contribution is -2.41. The van der Waals surface area contributed by atoms with E-state index in [2.05, 4.69) is 20.2 Å². The van der Waals surface area contributed by atoms with Crippen molar-refractivity contribution in [1.82, 2.24) is 14.9 Å². The molecule has 2 atom stereocenters. The van der Waals surface area contributed by atoms with Crippen LogP contribution in [0.4, 0.5) is 5.95 Å². The smallest absolute Gasteiger partial charge is 0.226 e. The molecule has 1 N–H and O–H groups in total. The molecule has 3 rings (SSSR count). The molecule has 0 spiro atoms. The Balaban J connectivity index is 1.66. The Morgan fingerprint density at radius 2 is 2.32 bits per heavy atom. The summed E-state index contributed by atoms with van der Waals surface area (Å²) in [5.74, 6) is 1.35. The van der Waals surface area contributed by atoms with Gasteiger partial charge in [0.25, 0.3) is 0 Å². The van der Waals surface area contributed by atoms with E-state index in [1.54, 1.807) is 12.3 Å². The van der Waals surface area contributed by atoms with Crippen molar-refractivity contribution >= 4 is 5.95 Å². The molecule has 2 saturated heterocycles. The monoisotopic (exact) mass is 262 g/mol. The summed E-state index contributed by atoms with van der Waals surface area (Å²) >= 11 is 0. The van der Waals surface area contributed by atoms with Gasteiger partial charge < -0.3 is 10.1 Å². The van der Waals surface area contributed by atoms with Crippen molar-refractivity contribution < 1.29 is 4.74 Å². The number of nitrogens with zero attached hydrogens (tertiary/aromatic N) is 3. The van der Waals surface area contributed by atoms with Gasteiger partial charge in [0.05, 0.1) is 6.61 Å². The summed E-state index contributed by atoms with van der Waals surface area (Å²) in [6.45, 7) is 5.05. The summed E-state index contributed by atoms with van der Waals surface area (Å²) in [5, 5.41) is 3.49. The van der Waals surface area contributed by atoms with Gasteiger partial charge in [0, 0.05) is 30.9 Å². The molecule has 0 aliphatic carbocycles. The second-order valence-corrected chi connectivity index (χ2v) is 5.29. The van der Waals surface area contributed by atoms with Crippen LogP contribution in [0.1, 0.15) is 32.6 Å². The van der Waals surface area contributed by atoms with Gasteiger partial charge in [-0.05, 0) is 32.7 Å². The Bertz CT molecular complexity index is 426. The second kappa shape index (κ2) is 5.74. The average molecular weight is 262 g/mol. The van der Waals surface area contributed by atoms with E-state index >= 15 is 0 Å². The standard InChI is InChI=1S/C14H22N4O/c1-2-19-13-6-8-15-14(17-13)16-11-7-10-18-9-4-3-5-12(11)18/h6,8,11-12H,2-5,7,9-10H2,1H3,(H,15,16,17). The quantitative estimate of drug-likeness (QED) is 0.898. The first-order chi connectivity index (χ1) is 9.36. The zero-order valence-electron chi connectivity index (χ0n) is 11.5. The lowest BCUT2D eigenvalue weighted by molar-refractivity contribution is 0.192. The zero-order chi connectivity index (χ0) is 13.1. The molecule has 2 unspecified atom stereocenters. The fourth-order valence-electron chi connectivity index (χ4n) is 3.22. The average Bonchev–Trinajstić information content (AvgIpc) is 2.83. The first-order valence-corrected chi connectivity index (χ1v) is 7.33. The molecule has 2 aliphatic rings. The SMILES string of the molecule is CCOc1ccnc(NC2CCN3CCCCC23)n1. The fraction of sp³-hybridized carbons (Fsp3) is 0.714. The van der Waals surface area contributed by atoms with Gasteiger partial charge in [0.15, 0.2) is 0 Å². The highest BCUT2D eigenvalue weighted by atomic mass is 16.5. The Morgan fingerprint density at radius 1 is 1.37 bits per heavy atom. The molecule has 0 bridgehead atoms. The number of nitrogens with one attached hydrogen (secondary N) is 1. The van der Waals surface area contributed by atoms with Gasteiger partial charge in [-0.25, -0.2) is 4.98 Å². The van der Waals surface area contributed by atoms with Crippen molar-refractivity contribution in [3.8, 4) is 5.88 Å². The van der Waals surface area contributed by atoms with Crippen molar-refractivity contribution in [3.63, 3.8) is 0 Å². The van der Waals surface area contributed by atoms with Crippen LogP contribution in [0, 0.1) is 0 Å². The van der Waals surface area contributed by atoms with Crippen LogP contribution in [0.3, 0.4) is 0 Å². The van der Waals surface area contributed by atoms with Crippen LogP contribution < -0.4 is 10.1 Å². The normalized spacial score (nSPS) is 27.0. The molecule has 0 amide bonds. The summed E-state index contributed by atoms with van der Waals surface area (Å²) in [6, 6.07) is 2.95. The van der Waals surface area contributed by atoms with Crippen molar-refractivity contribution in [2.24, 2.45) is 0 Å². The summed E-state index contributed by atoms with van der Waals surface area (Å²) in [5.41, 5.74) is 0. The Kier molecular flexibility index (Phi) is 3.82. The highest BCUT2D eigenvalue weighted by Gasteiger charge is 2.35. The lowest BCUT2D eigenvalue weighted by atomic mass is 9.99. The molecule has 1 aromatic rings. The maximum Gasteiger partial charge on any atom is 0.226 e. The van der Waals surface area contributed by atoms with Crippen LogP contribution in [0.15, 0.2) is 12.3 Å². The number of anilines is 1. The van der Waals surface area contributed by atoms with E-state index in [1.807, 2.05) is 6.92 Å². The van der Waals surface area contributed by atoms with E-state index in [-0.39, 0.29) is 0 Å². The number of rotatable bonds is 4. The zero-order valence-corrected chi connectivity index (χ0v) is 11.5. The molecule has 0 aromatic carbocycles. The van der Waals surface area contributed by atoms with Crippen LogP contribution >= 0.6 is 0 Å². The van der Waals surface area contributed by atoms with Crippen LogP contribution in [0.5, 0.6) is 5.88 Å². The van der Waals surface area contributed by atoms with Crippen LogP contribution in [0.25, 0.3) is 0 Å². The minimum absolute atomic E-state index is 0.483. The van der Waals surface area contributed by atoms with Gasteiger partial charge in [0.2, 0.25) is 11.8 Å². The van der Waals surface area contributed by atoms with Gasteiger partial charge in [-0.15, -0.1) is 0 Å². The molecule has 5 nitrogen and oxygen atoms in total. The van der Waals surface area contributed by atoms with Gasteiger partial charge >= 0.3 is 0 Å². The maximum absolute atomic E-state index is 5.42. The third-order valence-electron chi connectivity index (χ3n) is 4.09. The minimum atomic E-state index is 0.483. The molecule has 19 heavy (non-hydrogen) atoms. The van der Waals surface area contributed by atoms with Crippen molar-refractivity contribution in [1.29, 1.82) is 0 Å². The molecular formula is C14H22N4O. The summed E-state index contributed by atoms with van der Waals surface area (Å²) < 4.78 is 5.42. The second-order valence-electron chi connectivity index (χ2n) is 5.29. The Labute approximate surface area is 114 Å². The van der Waals surface area contributed by atoms with Crippen LogP contribution in [-0.4, -0.2) is 46.6 Å². The van der Waals surface area contributed by atoms with E-state index in [0.717, 1.165) is 0 Å². The van der Waals surface area contributed by atoms with Gasteiger partial charge in [-0.1, -0.05) is 6.42 Å². The van der Waals surface area contributed by atoms with Crippen LogP contribution in [-0.2, 0) is 0 Å². The largest absolute Gasteiger partial charge is 0.478 e. The van der Waals surface area contributed by atoms with E-state index in [9.17, 15) is 0 Å². The van der Waals surface area contributed by atoms with E-state index in [0.29, 0.717) is 30.5 Å². The van der Waals surface area contributed by atoms with E-state index in [4.69, 9.17) is 4.74 Å². The number of aromatic nitrogens is 2. The number of hydrogen-bond acceptors (Lipinski definition) is 5. The molecule has 3 heterocycles. The summed E-state index contributed by atoms with van der Waals surface area (Å²) in [4.78, 5) is 11.3. The highest BCUT2D eigenvalue weighted by molar-refractivity contribution is 5.30. The lowest BCUT2D eigenvalue weighted by Gasteiger charge is -2.32. The third kappa shape index (κ3) is 2.81. The molecule has 5 heteroatoms. The fourth-order valence-corrected chi connectivity index (χ4v) is 3.22. The maximum atomic E-state index is 5.42. The van der Waals surface area contributed by atoms with Crippen LogP contribution in [0.2, 0.25) is 0 Å². The van der Waals surface area contributed by atoms with E-state index < -0.39 is 0 Å². The van der Waals surface area contributed by atoms with E-state index in [1.165, 1.54) is 38.8 Å². The van der Waals surface area contributed by atoms with Crippen molar-refractivity contribution in [3.05, 3.63) is 12.3 Å². The molecule has 0 radical (unpaired) electrons. The molecule has 2 fully saturated rings. The first kappa shape index (κ1) is 12.7. The Morgan fingerprint density at radius 3 is 3.21 bits per heavy atom. The predicted molar refractivity (Wildman–Crippen MR) is 74.4 cm³/mol. The van der Waals surface area contributed by atoms with Gasteiger partial charge in [-0.3, -0.25) is 4.90 Å². The number of piperidine rings is 1. The third-order valence-corrected chi connectivity index (χ3v) is 4.09. The molecular weight excluding hydrogens is 240 g/mol. The summed E-state index contributed by atoms with van der Waals surface area (Å²) in [6.07, 6.45) is 6.93. The van der Waals surface area contributed by atoms with Crippen molar-refractivity contribution in [2.75, 3.05) is 25.0 Å². The Hall–Kier alpha value is -1.36. The topological polar surface area (TPSA) is 50.3 Å². The van der Waals surface area contributed by atoms with Gasteiger partial charge in [-0.2, -0.15) is 4.98 Å². The number of ether oxygens (including phenoxy) is 1. The minimum Gasteiger partial charge on any atom is -0.478 e. The number of fused-ring (bicyclic) bond motifs is 1. The molecule has 2 aliphatic heterocycles. The number of hydrogen-bond donors (Lipinski definition) is 1. The van der Waals surface area contributed by atoms with Gasteiger partial charge in [0.1, 0.15) is 0 Å². The summed E-state index contributed by atoms with van der Waals surface area (Å²) in [7, 11) is 0. The molecule has 104 valence electrons. The predicted octanol–water partition coefficient (Wildman–Crippen LogP) is 1.91.